The van der Waals surface area contributed by atoms with Gasteiger partial charge in [-0.3, -0.25) is 14.4 Å². The van der Waals surface area contributed by atoms with E-state index in [1.807, 2.05) is 6.08 Å². The first-order valence-corrected chi connectivity index (χ1v) is 24.9. The zero-order valence-corrected chi connectivity index (χ0v) is 39.2. The zero-order chi connectivity index (χ0) is 43.7. The number of allylic oxidation sites excluding steroid dienone is 11. The van der Waals surface area contributed by atoms with Gasteiger partial charge in [0.05, 0.1) is 6.42 Å². The van der Waals surface area contributed by atoms with Crippen LogP contribution in [0, 0.1) is 0 Å². The van der Waals surface area contributed by atoms with Crippen LogP contribution in [-0.4, -0.2) is 37.2 Å². The lowest BCUT2D eigenvalue weighted by molar-refractivity contribution is -0.166. The molecule has 0 N–H and O–H groups in total. The monoisotopic (exact) mass is 837 g/mol. The minimum Gasteiger partial charge on any atom is -0.462 e. The fourth-order valence-corrected chi connectivity index (χ4v) is 6.74. The van der Waals surface area contributed by atoms with Crippen molar-refractivity contribution in [2.45, 2.75) is 239 Å². The first kappa shape index (κ1) is 56.9. The van der Waals surface area contributed by atoms with E-state index in [0.29, 0.717) is 12.8 Å². The Balaban J connectivity index is 4.51. The summed E-state index contributed by atoms with van der Waals surface area (Å²) in [5.74, 6) is -1.05. The van der Waals surface area contributed by atoms with Crippen molar-refractivity contribution >= 4 is 17.9 Å². The van der Waals surface area contributed by atoms with Crippen molar-refractivity contribution in [1.82, 2.24) is 0 Å². The van der Waals surface area contributed by atoms with Crippen molar-refractivity contribution in [2.24, 2.45) is 0 Å². The molecule has 0 bridgehead atoms. The first-order chi connectivity index (χ1) is 29.5. The van der Waals surface area contributed by atoms with Gasteiger partial charge in [-0.1, -0.05) is 216 Å². The van der Waals surface area contributed by atoms with Crippen molar-refractivity contribution < 1.29 is 28.6 Å². The normalized spacial score (nSPS) is 12.7. The molecule has 0 aliphatic carbocycles. The van der Waals surface area contributed by atoms with Crippen LogP contribution >= 0.6 is 0 Å². The number of rotatable bonds is 44. The number of esters is 3. The fourth-order valence-electron chi connectivity index (χ4n) is 6.74. The van der Waals surface area contributed by atoms with Gasteiger partial charge in [0.2, 0.25) is 0 Å². The third kappa shape index (κ3) is 45.9. The largest absolute Gasteiger partial charge is 0.462 e. The summed E-state index contributed by atoms with van der Waals surface area (Å²) in [6.45, 7) is 6.41. The van der Waals surface area contributed by atoms with E-state index in [1.165, 1.54) is 109 Å². The van der Waals surface area contributed by atoms with Crippen LogP contribution in [-0.2, 0) is 28.6 Å². The highest BCUT2D eigenvalue weighted by Gasteiger charge is 2.19. The SMILES string of the molecule is CC/C=C\C/C=C\C/C=C\C/C=C\C/C=C\CC(=O)OCC(COC(=O)CCCCCCCCCCCCCCC)OC(=O)CCCCCCC/C=C\CCCCCCC. The average Bonchev–Trinajstić information content (AvgIpc) is 3.24. The summed E-state index contributed by atoms with van der Waals surface area (Å²) in [7, 11) is 0. The third-order valence-electron chi connectivity index (χ3n) is 10.5. The second kappa shape index (κ2) is 48.5. The summed E-state index contributed by atoms with van der Waals surface area (Å²) < 4.78 is 16.7. The Bertz CT molecular complexity index is 1140. The van der Waals surface area contributed by atoms with Crippen molar-refractivity contribution in [3.8, 4) is 0 Å². The quantitative estimate of drug-likeness (QED) is 0.0263. The molecule has 0 saturated carbocycles. The first-order valence-electron chi connectivity index (χ1n) is 24.9. The molecule has 344 valence electrons. The van der Waals surface area contributed by atoms with Gasteiger partial charge < -0.3 is 14.2 Å². The van der Waals surface area contributed by atoms with Gasteiger partial charge in [-0.2, -0.15) is 0 Å². The van der Waals surface area contributed by atoms with Gasteiger partial charge in [0.25, 0.3) is 0 Å². The van der Waals surface area contributed by atoms with Gasteiger partial charge in [0.15, 0.2) is 6.10 Å². The summed E-state index contributed by atoms with van der Waals surface area (Å²) in [5.41, 5.74) is 0. The molecule has 0 saturated heterocycles. The van der Waals surface area contributed by atoms with Gasteiger partial charge >= 0.3 is 17.9 Å². The molecule has 6 nitrogen and oxygen atoms in total. The molecule has 0 aromatic heterocycles. The summed E-state index contributed by atoms with van der Waals surface area (Å²) in [6.07, 6.45) is 60.5. The van der Waals surface area contributed by atoms with Crippen molar-refractivity contribution in [1.29, 1.82) is 0 Å². The van der Waals surface area contributed by atoms with E-state index >= 15 is 0 Å². The average molecular weight is 837 g/mol. The van der Waals surface area contributed by atoms with E-state index in [9.17, 15) is 14.4 Å². The van der Waals surface area contributed by atoms with Crippen molar-refractivity contribution in [2.75, 3.05) is 13.2 Å². The molecule has 0 heterocycles. The number of ether oxygens (including phenoxy) is 3. The zero-order valence-electron chi connectivity index (χ0n) is 39.2. The molecule has 0 radical (unpaired) electrons. The summed E-state index contributed by atoms with van der Waals surface area (Å²) in [5, 5.41) is 0. The topological polar surface area (TPSA) is 78.9 Å². The van der Waals surface area contributed by atoms with Gasteiger partial charge in [-0.25, -0.2) is 0 Å². The lowest BCUT2D eigenvalue weighted by atomic mass is 10.0. The van der Waals surface area contributed by atoms with Crippen molar-refractivity contribution in [3.63, 3.8) is 0 Å². The predicted molar refractivity (Wildman–Crippen MR) is 256 cm³/mol. The lowest BCUT2D eigenvalue weighted by Gasteiger charge is -2.18. The number of hydrogen-bond donors (Lipinski definition) is 0. The van der Waals surface area contributed by atoms with Gasteiger partial charge in [-0.15, -0.1) is 0 Å². The lowest BCUT2D eigenvalue weighted by Crippen LogP contribution is -2.30. The van der Waals surface area contributed by atoms with E-state index in [-0.39, 0.29) is 31.6 Å². The highest BCUT2D eigenvalue weighted by Crippen LogP contribution is 2.14. The van der Waals surface area contributed by atoms with Crippen LogP contribution in [0.2, 0.25) is 0 Å². The molecule has 1 unspecified atom stereocenters. The molecule has 1 atom stereocenters. The van der Waals surface area contributed by atoms with E-state index < -0.39 is 12.1 Å². The van der Waals surface area contributed by atoms with E-state index in [0.717, 1.165) is 83.5 Å². The van der Waals surface area contributed by atoms with Gasteiger partial charge in [-0.05, 0) is 70.6 Å². The Morgan fingerprint density at radius 2 is 0.717 bits per heavy atom. The molecular formula is C54H92O6. The number of carbonyl (C=O) groups is 3. The Morgan fingerprint density at radius 3 is 1.15 bits per heavy atom. The number of hydrogen-bond acceptors (Lipinski definition) is 6. The van der Waals surface area contributed by atoms with E-state index in [4.69, 9.17) is 14.2 Å². The molecule has 60 heavy (non-hydrogen) atoms. The molecule has 0 rings (SSSR count). The van der Waals surface area contributed by atoms with Crippen LogP contribution < -0.4 is 0 Å². The summed E-state index contributed by atoms with van der Waals surface area (Å²) in [4.78, 5) is 37.8. The maximum absolute atomic E-state index is 12.8. The van der Waals surface area contributed by atoms with Crippen molar-refractivity contribution in [3.05, 3.63) is 72.9 Å². The van der Waals surface area contributed by atoms with Gasteiger partial charge in [0, 0.05) is 12.8 Å². The molecule has 0 aliphatic rings. The molecule has 0 aromatic rings. The number of carbonyl (C=O) groups excluding carboxylic acids is 3. The van der Waals surface area contributed by atoms with E-state index in [1.54, 1.807) is 6.08 Å². The number of unbranched alkanes of at least 4 members (excludes halogenated alkanes) is 22. The van der Waals surface area contributed by atoms with Crippen LogP contribution in [0.3, 0.4) is 0 Å². The van der Waals surface area contributed by atoms with Crippen LogP contribution in [0.25, 0.3) is 0 Å². The molecule has 0 spiro atoms. The highest BCUT2D eigenvalue weighted by molar-refractivity contribution is 5.72. The van der Waals surface area contributed by atoms with Crippen LogP contribution in [0.4, 0.5) is 0 Å². The molecular weight excluding hydrogens is 745 g/mol. The van der Waals surface area contributed by atoms with E-state index in [2.05, 4.69) is 81.5 Å². The Labute approximate surface area is 370 Å². The van der Waals surface area contributed by atoms with Crippen LogP contribution in [0.15, 0.2) is 72.9 Å². The van der Waals surface area contributed by atoms with Gasteiger partial charge in [0.1, 0.15) is 13.2 Å². The second-order valence-electron chi connectivity index (χ2n) is 16.4. The molecule has 0 fully saturated rings. The summed E-state index contributed by atoms with van der Waals surface area (Å²) >= 11 is 0. The third-order valence-corrected chi connectivity index (χ3v) is 10.5. The Morgan fingerprint density at radius 1 is 0.367 bits per heavy atom. The predicted octanol–water partition coefficient (Wildman–Crippen LogP) is 16.3. The Kier molecular flexibility index (Phi) is 46.0. The molecule has 0 amide bonds. The minimum atomic E-state index is -0.816. The maximum atomic E-state index is 12.8. The fraction of sp³-hybridized carbons (Fsp3) is 0.722. The van der Waals surface area contributed by atoms with Crippen LogP contribution in [0.5, 0.6) is 0 Å². The minimum absolute atomic E-state index is 0.107. The second-order valence-corrected chi connectivity index (χ2v) is 16.4. The smallest absolute Gasteiger partial charge is 0.309 e. The standard InChI is InChI=1S/C54H92O6/c1-4-7-10-13-16-19-22-25-27-30-32-35-38-41-44-47-53(56)59-50-51(49-58-52(55)46-43-40-37-34-31-28-24-21-18-15-12-9-6-3)60-54(57)48-45-42-39-36-33-29-26-23-20-17-14-11-8-5-2/h7,10,16,19,23,25-27,32,35,41,44,51H,4-6,8-9,11-15,17-18,20-22,24,28-31,33-34,36-40,42-43,45-50H2,1-3H3/b10-7-,19-16-,26-23-,27-25-,35-32-,44-41-. The molecule has 0 aromatic carbocycles. The maximum Gasteiger partial charge on any atom is 0.309 e. The highest BCUT2D eigenvalue weighted by atomic mass is 16.6. The molecule has 6 heteroatoms. The Hall–Kier alpha value is -3.15. The van der Waals surface area contributed by atoms with Crippen LogP contribution in [0.1, 0.15) is 233 Å². The summed E-state index contributed by atoms with van der Waals surface area (Å²) in [6, 6.07) is 0. The molecule has 0 aliphatic heterocycles.